The number of para-hydroxylation sites is 1. The van der Waals surface area contributed by atoms with Crippen LogP contribution in [-0.4, -0.2) is 25.1 Å². The third-order valence-corrected chi connectivity index (χ3v) is 5.08. The molecule has 1 aliphatic rings. The van der Waals surface area contributed by atoms with Crippen molar-refractivity contribution in [3.05, 3.63) is 83.9 Å². The van der Waals surface area contributed by atoms with Crippen molar-refractivity contribution in [2.75, 3.05) is 18.5 Å². The van der Waals surface area contributed by atoms with Gasteiger partial charge in [-0.1, -0.05) is 54.6 Å². The van der Waals surface area contributed by atoms with Crippen molar-refractivity contribution in [1.29, 1.82) is 0 Å². The number of rotatable bonds is 7. The summed E-state index contributed by atoms with van der Waals surface area (Å²) in [4.78, 5) is 24.2. The Balaban J connectivity index is 1.28. The highest BCUT2D eigenvalue weighted by Gasteiger charge is 2.14. The molecule has 0 atom stereocenters. The van der Waals surface area contributed by atoms with Crippen molar-refractivity contribution in [1.82, 2.24) is 0 Å². The van der Waals surface area contributed by atoms with Crippen LogP contribution in [0.2, 0.25) is 0 Å². The maximum atomic E-state index is 12.3. The molecule has 0 saturated carbocycles. The Kier molecular flexibility index (Phi) is 6.09. The zero-order valence-electron chi connectivity index (χ0n) is 16.6. The molecule has 30 heavy (non-hydrogen) atoms. The Hall–Kier alpha value is -3.60. The minimum Gasteiger partial charge on any atom is -0.482 e. The van der Waals surface area contributed by atoms with E-state index in [1.807, 2.05) is 72.8 Å². The zero-order valence-corrected chi connectivity index (χ0v) is 16.6. The van der Waals surface area contributed by atoms with E-state index in [2.05, 4.69) is 5.32 Å². The second-order valence-corrected chi connectivity index (χ2v) is 7.19. The number of carbonyl (C=O) groups excluding carboxylic acids is 2. The second kappa shape index (κ2) is 9.27. The third-order valence-electron chi connectivity index (χ3n) is 5.08. The predicted octanol–water partition coefficient (Wildman–Crippen LogP) is 4.40. The smallest absolute Gasteiger partial charge is 0.344 e. The molecule has 5 nitrogen and oxygen atoms in total. The van der Waals surface area contributed by atoms with E-state index in [1.165, 1.54) is 11.1 Å². The van der Waals surface area contributed by atoms with Gasteiger partial charge in [0.1, 0.15) is 5.75 Å². The molecule has 0 aliphatic heterocycles. The van der Waals surface area contributed by atoms with E-state index in [9.17, 15) is 9.59 Å². The first-order chi connectivity index (χ1) is 14.7. The Labute approximate surface area is 175 Å². The van der Waals surface area contributed by atoms with Crippen LogP contribution in [0.25, 0.3) is 11.1 Å². The van der Waals surface area contributed by atoms with Gasteiger partial charge in [0.05, 0.1) is 0 Å². The van der Waals surface area contributed by atoms with E-state index in [-0.39, 0.29) is 13.2 Å². The average molecular weight is 401 g/mol. The van der Waals surface area contributed by atoms with E-state index in [0.29, 0.717) is 11.4 Å². The monoisotopic (exact) mass is 401 g/mol. The predicted molar refractivity (Wildman–Crippen MR) is 115 cm³/mol. The highest BCUT2D eigenvalue weighted by molar-refractivity contribution is 5.96. The first kappa shape index (κ1) is 19.7. The summed E-state index contributed by atoms with van der Waals surface area (Å²) in [7, 11) is 0. The first-order valence-electron chi connectivity index (χ1n) is 10.0. The van der Waals surface area contributed by atoms with E-state index < -0.39 is 11.9 Å². The molecule has 1 amide bonds. The number of ether oxygens (including phenoxy) is 2. The van der Waals surface area contributed by atoms with E-state index in [0.717, 1.165) is 30.4 Å². The molecule has 4 rings (SSSR count). The lowest BCUT2D eigenvalue weighted by Crippen LogP contribution is -2.23. The molecule has 0 fully saturated rings. The Morgan fingerprint density at radius 2 is 1.60 bits per heavy atom. The maximum Gasteiger partial charge on any atom is 0.344 e. The van der Waals surface area contributed by atoms with Crippen molar-refractivity contribution in [2.24, 2.45) is 0 Å². The van der Waals surface area contributed by atoms with Crippen LogP contribution in [-0.2, 0) is 27.2 Å². The van der Waals surface area contributed by atoms with Crippen molar-refractivity contribution in [3.8, 4) is 16.9 Å². The van der Waals surface area contributed by atoms with Gasteiger partial charge in [-0.2, -0.15) is 0 Å². The lowest BCUT2D eigenvalue weighted by atomic mass is 10.0. The van der Waals surface area contributed by atoms with Gasteiger partial charge in [0.2, 0.25) is 0 Å². The number of hydrogen-bond donors (Lipinski definition) is 1. The van der Waals surface area contributed by atoms with Crippen LogP contribution in [0.3, 0.4) is 0 Å². The van der Waals surface area contributed by atoms with Crippen LogP contribution < -0.4 is 10.1 Å². The molecule has 0 heterocycles. The van der Waals surface area contributed by atoms with Gasteiger partial charge < -0.3 is 14.8 Å². The minimum absolute atomic E-state index is 0.229. The van der Waals surface area contributed by atoms with Gasteiger partial charge in [-0.15, -0.1) is 0 Å². The fraction of sp³-hybridized carbons (Fsp3) is 0.200. The number of nitrogens with one attached hydrogen (secondary N) is 1. The number of benzene rings is 3. The fourth-order valence-electron chi connectivity index (χ4n) is 3.62. The van der Waals surface area contributed by atoms with Gasteiger partial charge in [-0.05, 0) is 54.2 Å². The summed E-state index contributed by atoms with van der Waals surface area (Å²) in [6.45, 7) is -0.595. The number of esters is 1. The minimum atomic E-state index is -0.581. The topological polar surface area (TPSA) is 64.6 Å². The summed E-state index contributed by atoms with van der Waals surface area (Å²) in [6, 6.07) is 23.2. The summed E-state index contributed by atoms with van der Waals surface area (Å²) in [5, 5.41) is 2.81. The van der Waals surface area contributed by atoms with Crippen LogP contribution in [0.1, 0.15) is 17.5 Å². The Morgan fingerprint density at radius 3 is 2.47 bits per heavy atom. The summed E-state index contributed by atoms with van der Waals surface area (Å²) in [5.41, 5.74) is 5.18. The molecule has 152 valence electrons. The average Bonchev–Trinajstić information content (AvgIpc) is 3.25. The highest BCUT2D eigenvalue weighted by atomic mass is 16.6. The molecule has 0 spiro atoms. The van der Waals surface area contributed by atoms with Gasteiger partial charge in [0.15, 0.2) is 13.2 Å². The maximum absolute atomic E-state index is 12.3. The molecule has 0 unspecified atom stereocenters. The van der Waals surface area contributed by atoms with Gasteiger partial charge >= 0.3 is 5.97 Å². The normalized spacial score (nSPS) is 12.1. The molecule has 0 aromatic heterocycles. The van der Waals surface area contributed by atoms with E-state index in [4.69, 9.17) is 9.47 Å². The molecule has 0 saturated heterocycles. The second-order valence-electron chi connectivity index (χ2n) is 7.19. The SMILES string of the molecule is O=C(COC(=O)COc1ccc2c(c1)CCC2)Nc1ccccc1-c1ccccc1. The van der Waals surface area contributed by atoms with Gasteiger partial charge in [-0.25, -0.2) is 4.79 Å². The van der Waals surface area contributed by atoms with Crippen LogP contribution in [0.4, 0.5) is 5.69 Å². The lowest BCUT2D eigenvalue weighted by molar-refractivity contribution is -0.149. The van der Waals surface area contributed by atoms with Gasteiger partial charge in [-0.3, -0.25) is 4.79 Å². The molecule has 3 aromatic rings. The molecule has 1 N–H and O–H groups in total. The van der Waals surface area contributed by atoms with Crippen molar-refractivity contribution >= 4 is 17.6 Å². The summed E-state index contributed by atoms with van der Waals surface area (Å²) >= 11 is 0. The van der Waals surface area contributed by atoms with Crippen LogP contribution in [0.15, 0.2) is 72.8 Å². The number of carbonyl (C=O) groups is 2. The molecule has 3 aromatic carbocycles. The van der Waals surface area contributed by atoms with Crippen LogP contribution in [0, 0.1) is 0 Å². The number of aryl methyl sites for hydroxylation is 2. The molecular weight excluding hydrogens is 378 g/mol. The standard InChI is InChI=1S/C25H23NO4/c27-24(26-23-12-5-4-11-22(23)19-7-2-1-3-8-19)16-30-25(28)17-29-21-14-13-18-9-6-10-20(18)15-21/h1-5,7-8,11-15H,6,9-10,16-17H2,(H,26,27). The number of anilines is 1. The van der Waals surface area contributed by atoms with Crippen molar-refractivity contribution < 1.29 is 19.1 Å². The zero-order chi connectivity index (χ0) is 20.8. The van der Waals surface area contributed by atoms with Gasteiger partial charge in [0, 0.05) is 11.3 Å². The van der Waals surface area contributed by atoms with Crippen molar-refractivity contribution in [2.45, 2.75) is 19.3 Å². The number of amides is 1. The molecule has 0 bridgehead atoms. The van der Waals surface area contributed by atoms with Gasteiger partial charge in [0.25, 0.3) is 5.91 Å². The number of fused-ring (bicyclic) bond motifs is 1. The Morgan fingerprint density at radius 1 is 0.833 bits per heavy atom. The molecule has 0 radical (unpaired) electrons. The quantitative estimate of drug-likeness (QED) is 0.596. The fourth-order valence-corrected chi connectivity index (χ4v) is 3.62. The Bertz CT molecular complexity index is 1050. The summed E-state index contributed by atoms with van der Waals surface area (Å²) in [5.74, 6) is -0.333. The van der Waals surface area contributed by atoms with E-state index >= 15 is 0 Å². The third kappa shape index (κ3) is 4.87. The largest absolute Gasteiger partial charge is 0.482 e. The first-order valence-corrected chi connectivity index (χ1v) is 10.0. The molecule has 5 heteroatoms. The lowest BCUT2D eigenvalue weighted by Gasteiger charge is -2.12. The van der Waals surface area contributed by atoms with E-state index in [1.54, 1.807) is 0 Å². The number of hydrogen-bond acceptors (Lipinski definition) is 4. The summed E-state index contributed by atoms with van der Waals surface area (Å²) in [6.07, 6.45) is 3.30. The van der Waals surface area contributed by atoms with Crippen molar-refractivity contribution in [3.63, 3.8) is 0 Å². The van der Waals surface area contributed by atoms with Crippen LogP contribution >= 0.6 is 0 Å². The van der Waals surface area contributed by atoms with Crippen LogP contribution in [0.5, 0.6) is 5.75 Å². The summed E-state index contributed by atoms with van der Waals surface area (Å²) < 4.78 is 10.6. The molecular formula is C25H23NO4. The highest BCUT2D eigenvalue weighted by Crippen LogP contribution is 2.28. The molecule has 1 aliphatic carbocycles.